The summed E-state index contributed by atoms with van der Waals surface area (Å²) in [5.74, 6) is -0.303. The summed E-state index contributed by atoms with van der Waals surface area (Å²) in [5.41, 5.74) is 0.968. The first-order valence-corrected chi connectivity index (χ1v) is 4.78. The molecule has 0 heterocycles. The molecule has 0 saturated heterocycles. The van der Waals surface area contributed by atoms with Crippen molar-refractivity contribution in [3.8, 4) is 5.75 Å². The van der Waals surface area contributed by atoms with Crippen LogP contribution in [0.3, 0.4) is 0 Å². The number of carbonyl (C=O) groups excluding carboxylic acids is 1. The van der Waals surface area contributed by atoms with Gasteiger partial charge in [-0.2, -0.15) is 0 Å². The van der Waals surface area contributed by atoms with E-state index >= 15 is 0 Å². The number of rotatable bonds is 2. The molecule has 0 amide bonds. The summed E-state index contributed by atoms with van der Waals surface area (Å²) in [5, 5.41) is 9.40. The third kappa shape index (κ3) is 2.35. The predicted molar refractivity (Wildman–Crippen MR) is 57.4 cm³/mol. The number of esters is 1. The first-order valence-electron chi connectivity index (χ1n) is 3.87. The number of phenols is 1. The van der Waals surface area contributed by atoms with Crippen LogP contribution >= 0.6 is 15.9 Å². The highest BCUT2D eigenvalue weighted by Gasteiger charge is 2.07. The molecular weight excluding hydrogens is 248 g/mol. The molecule has 74 valence electrons. The summed E-state index contributed by atoms with van der Waals surface area (Å²) < 4.78 is 4.55. The summed E-state index contributed by atoms with van der Waals surface area (Å²) >= 11 is 3.09. The lowest BCUT2D eigenvalue weighted by Crippen LogP contribution is -2.00. The lowest BCUT2D eigenvalue weighted by molar-refractivity contribution is 0.0600. The van der Waals surface area contributed by atoms with Gasteiger partial charge in [-0.05, 0) is 29.3 Å². The molecule has 0 aliphatic rings. The molecule has 0 unspecified atom stereocenters. The van der Waals surface area contributed by atoms with Crippen molar-refractivity contribution in [3.63, 3.8) is 0 Å². The minimum absolute atomic E-state index is 0.119. The van der Waals surface area contributed by atoms with Crippen LogP contribution in [0.2, 0.25) is 0 Å². The fourth-order valence-corrected chi connectivity index (χ4v) is 1.29. The summed E-state index contributed by atoms with van der Waals surface area (Å²) in [7, 11) is 1.31. The average Bonchev–Trinajstić information content (AvgIpc) is 2.20. The quantitative estimate of drug-likeness (QED) is 0.828. The smallest absolute Gasteiger partial charge is 0.337 e. The van der Waals surface area contributed by atoms with Crippen LogP contribution in [-0.2, 0) is 4.74 Å². The number of hydrogen-bond acceptors (Lipinski definition) is 3. The largest absolute Gasteiger partial charge is 0.507 e. The second-order valence-corrected chi connectivity index (χ2v) is 3.09. The molecule has 0 spiro atoms. The number of aromatic hydroxyl groups is 1. The Balaban J connectivity index is 3.12. The number of hydrogen-bond donors (Lipinski definition) is 1. The molecule has 1 N–H and O–H groups in total. The highest BCUT2D eigenvalue weighted by Crippen LogP contribution is 2.20. The Morgan fingerprint density at radius 2 is 2.29 bits per heavy atom. The first kappa shape index (κ1) is 10.8. The molecule has 1 aromatic rings. The maximum Gasteiger partial charge on any atom is 0.337 e. The van der Waals surface area contributed by atoms with Gasteiger partial charge >= 0.3 is 5.97 Å². The van der Waals surface area contributed by atoms with Crippen LogP contribution in [0.4, 0.5) is 0 Å². The number of halogens is 1. The van der Waals surface area contributed by atoms with Crippen molar-refractivity contribution < 1.29 is 14.6 Å². The molecule has 0 fully saturated rings. The molecule has 1 rings (SSSR count). The minimum Gasteiger partial charge on any atom is -0.507 e. The van der Waals surface area contributed by atoms with Gasteiger partial charge in [0.05, 0.1) is 12.7 Å². The maximum absolute atomic E-state index is 11.1. The second kappa shape index (κ2) is 4.81. The van der Waals surface area contributed by atoms with Gasteiger partial charge in [0.25, 0.3) is 0 Å². The van der Waals surface area contributed by atoms with Crippen molar-refractivity contribution in [1.29, 1.82) is 0 Å². The molecule has 0 bridgehead atoms. The molecular formula is C10H9BrO3. The van der Waals surface area contributed by atoms with Gasteiger partial charge in [-0.1, -0.05) is 15.9 Å². The Bertz CT molecular complexity index is 372. The van der Waals surface area contributed by atoms with E-state index in [4.69, 9.17) is 0 Å². The highest BCUT2D eigenvalue weighted by molar-refractivity contribution is 9.11. The second-order valence-electron chi connectivity index (χ2n) is 2.56. The van der Waals surface area contributed by atoms with Crippen LogP contribution in [0.25, 0.3) is 6.08 Å². The topological polar surface area (TPSA) is 46.5 Å². The minimum atomic E-state index is -0.422. The number of ether oxygens (including phenoxy) is 1. The summed E-state index contributed by atoms with van der Waals surface area (Å²) in [6, 6.07) is 4.51. The van der Waals surface area contributed by atoms with Gasteiger partial charge in [-0.25, -0.2) is 4.79 Å². The fourth-order valence-electron chi connectivity index (χ4n) is 1.00. The summed E-state index contributed by atoms with van der Waals surface area (Å²) in [6.45, 7) is 0. The SMILES string of the molecule is COC(=O)c1ccc(O)c(/C=C/Br)c1. The molecule has 1 aromatic carbocycles. The average molecular weight is 257 g/mol. The van der Waals surface area contributed by atoms with E-state index < -0.39 is 5.97 Å². The Morgan fingerprint density at radius 3 is 2.86 bits per heavy atom. The Morgan fingerprint density at radius 1 is 1.57 bits per heavy atom. The monoisotopic (exact) mass is 256 g/mol. The van der Waals surface area contributed by atoms with E-state index in [2.05, 4.69) is 20.7 Å². The van der Waals surface area contributed by atoms with Gasteiger partial charge in [0, 0.05) is 5.56 Å². The fraction of sp³-hybridized carbons (Fsp3) is 0.100. The standard InChI is InChI=1S/C10H9BrO3/c1-14-10(13)8-2-3-9(12)7(6-8)4-5-11/h2-6,12H,1H3/b5-4+. The van der Waals surface area contributed by atoms with Gasteiger partial charge < -0.3 is 9.84 Å². The van der Waals surface area contributed by atoms with Crippen LogP contribution in [0, 0.1) is 0 Å². The van der Waals surface area contributed by atoms with E-state index in [1.165, 1.54) is 19.2 Å². The van der Waals surface area contributed by atoms with Crippen LogP contribution < -0.4 is 0 Å². The Hall–Kier alpha value is -1.29. The molecule has 0 aromatic heterocycles. The number of methoxy groups -OCH3 is 1. The number of carbonyl (C=O) groups is 1. The lowest BCUT2D eigenvalue weighted by Gasteiger charge is -2.02. The van der Waals surface area contributed by atoms with E-state index in [9.17, 15) is 9.90 Å². The van der Waals surface area contributed by atoms with Crippen molar-refractivity contribution in [1.82, 2.24) is 0 Å². The molecule has 0 atom stereocenters. The zero-order chi connectivity index (χ0) is 10.6. The van der Waals surface area contributed by atoms with E-state index in [1.54, 1.807) is 17.1 Å². The molecule has 14 heavy (non-hydrogen) atoms. The molecule has 0 radical (unpaired) electrons. The summed E-state index contributed by atoms with van der Waals surface area (Å²) in [6.07, 6.45) is 1.64. The third-order valence-corrected chi connectivity index (χ3v) is 1.96. The van der Waals surface area contributed by atoms with Gasteiger partial charge in [0.15, 0.2) is 0 Å². The van der Waals surface area contributed by atoms with Gasteiger partial charge in [-0.3, -0.25) is 0 Å². The number of phenolic OH excluding ortho intramolecular Hbond substituents is 1. The van der Waals surface area contributed by atoms with Gasteiger partial charge in [0.1, 0.15) is 5.75 Å². The zero-order valence-electron chi connectivity index (χ0n) is 7.53. The first-order chi connectivity index (χ1) is 6.69. The molecule has 4 heteroatoms. The van der Waals surface area contributed by atoms with Crippen molar-refractivity contribution in [3.05, 3.63) is 34.3 Å². The van der Waals surface area contributed by atoms with Gasteiger partial charge in [-0.15, -0.1) is 0 Å². The zero-order valence-corrected chi connectivity index (χ0v) is 9.11. The van der Waals surface area contributed by atoms with Crippen molar-refractivity contribution in [2.45, 2.75) is 0 Å². The Labute approximate surface area is 90.1 Å². The van der Waals surface area contributed by atoms with E-state index in [0.29, 0.717) is 11.1 Å². The van der Waals surface area contributed by atoms with Crippen LogP contribution in [0.1, 0.15) is 15.9 Å². The molecule has 3 nitrogen and oxygen atoms in total. The normalized spacial score (nSPS) is 10.4. The van der Waals surface area contributed by atoms with Gasteiger partial charge in [0.2, 0.25) is 0 Å². The van der Waals surface area contributed by atoms with E-state index in [1.807, 2.05) is 0 Å². The third-order valence-electron chi connectivity index (χ3n) is 1.69. The molecule has 0 saturated carbocycles. The lowest BCUT2D eigenvalue weighted by atomic mass is 10.1. The molecule has 0 aliphatic heterocycles. The van der Waals surface area contributed by atoms with Crippen molar-refractivity contribution in [2.24, 2.45) is 0 Å². The van der Waals surface area contributed by atoms with Crippen LogP contribution in [0.5, 0.6) is 5.75 Å². The molecule has 0 aliphatic carbocycles. The predicted octanol–water partition coefficient (Wildman–Crippen LogP) is 2.54. The van der Waals surface area contributed by atoms with Crippen molar-refractivity contribution >= 4 is 28.0 Å². The number of benzene rings is 1. The highest BCUT2D eigenvalue weighted by atomic mass is 79.9. The van der Waals surface area contributed by atoms with Crippen LogP contribution in [0.15, 0.2) is 23.2 Å². The summed E-state index contributed by atoms with van der Waals surface area (Å²) in [4.78, 5) is 12.7. The van der Waals surface area contributed by atoms with Crippen molar-refractivity contribution in [2.75, 3.05) is 7.11 Å². The van der Waals surface area contributed by atoms with E-state index in [-0.39, 0.29) is 5.75 Å². The Kier molecular flexibility index (Phi) is 3.71. The van der Waals surface area contributed by atoms with E-state index in [0.717, 1.165) is 0 Å². The van der Waals surface area contributed by atoms with Crippen LogP contribution in [-0.4, -0.2) is 18.2 Å². The maximum atomic E-state index is 11.1.